The van der Waals surface area contributed by atoms with E-state index in [1.807, 2.05) is 0 Å². The Morgan fingerprint density at radius 2 is 1.78 bits per heavy atom. The number of fused-ring (bicyclic) bond motifs is 1. The summed E-state index contributed by atoms with van der Waals surface area (Å²) in [6, 6.07) is 12.5. The van der Waals surface area contributed by atoms with Gasteiger partial charge in [0.25, 0.3) is 0 Å². The molecule has 1 aliphatic rings. The van der Waals surface area contributed by atoms with E-state index in [1.54, 1.807) is 6.07 Å². The molecule has 0 heterocycles. The summed E-state index contributed by atoms with van der Waals surface area (Å²) in [5.41, 5.74) is 4.53. The van der Waals surface area contributed by atoms with E-state index < -0.39 is 11.7 Å². The summed E-state index contributed by atoms with van der Waals surface area (Å²) in [6.45, 7) is 2.97. The summed E-state index contributed by atoms with van der Waals surface area (Å²) in [4.78, 5) is 0. The van der Waals surface area contributed by atoms with Crippen LogP contribution in [0.4, 0.5) is 13.2 Å². The lowest BCUT2D eigenvalue weighted by Crippen LogP contribution is -2.22. The second-order valence-electron chi connectivity index (χ2n) is 7.17. The zero-order valence-electron chi connectivity index (χ0n) is 15.6. The molecule has 1 unspecified atom stereocenters. The van der Waals surface area contributed by atoms with Crippen LogP contribution in [-0.4, -0.2) is 6.54 Å². The zero-order chi connectivity index (χ0) is 18.6. The number of benzene rings is 2. The van der Waals surface area contributed by atoms with Crippen LogP contribution < -0.4 is 5.32 Å². The van der Waals surface area contributed by atoms with Crippen molar-refractivity contribution in [3.05, 3.63) is 70.3 Å². The quantitative estimate of drug-likeness (QED) is 0.565. The fraction of sp³-hybridized carbons (Fsp3) is 0.455. The van der Waals surface area contributed by atoms with E-state index in [2.05, 4.69) is 30.4 Å². The van der Waals surface area contributed by atoms with E-state index in [0.717, 1.165) is 31.0 Å². The van der Waals surface area contributed by atoms with Crippen molar-refractivity contribution in [1.29, 1.82) is 0 Å². The molecule has 2 aromatic carbocycles. The molecule has 5 heteroatoms. The van der Waals surface area contributed by atoms with Gasteiger partial charge in [-0.15, -0.1) is 12.4 Å². The molecule has 0 bridgehead atoms. The monoisotopic (exact) mass is 397 g/mol. The second-order valence-corrected chi connectivity index (χ2v) is 7.17. The Labute approximate surface area is 165 Å². The van der Waals surface area contributed by atoms with E-state index in [4.69, 9.17) is 0 Å². The number of hydrogen-bond donors (Lipinski definition) is 1. The number of aryl methyl sites for hydroxylation is 2. The normalized spacial score (nSPS) is 15.0. The van der Waals surface area contributed by atoms with E-state index in [-0.39, 0.29) is 18.4 Å². The summed E-state index contributed by atoms with van der Waals surface area (Å²) < 4.78 is 38.3. The number of hydrogen-bond acceptors (Lipinski definition) is 1. The summed E-state index contributed by atoms with van der Waals surface area (Å²) in [7, 11) is 0. The lowest BCUT2D eigenvalue weighted by Gasteiger charge is -2.23. The van der Waals surface area contributed by atoms with Gasteiger partial charge in [0.2, 0.25) is 0 Å². The van der Waals surface area contributed by atoms with Gasteiger partial charge in [0.05, 0.1) is 5.56 Å². The minimum absolute atomic E-state index is 0. The Kier molecular flexibility index (Phi) is 7.75. The molecule has 3 rings (SSSR count). The minimum atomic E-state index is -4.27. The highest BCUT2D eigenvalue weighted by Crippen LogP contribution is 2.30. The third-order valence-electron chi connectivity index (χ3n) is 5.25. The molecule has 0 aromatic heterocycles. The molecule has 0 radical (unpaired) electrons. The van der Waals surface area contributed by atoms with Crippen molar-refractivity contribution in [2.24, 2.45) is 0 Å². The zero-order valence-corrected chi connectivity index (χ0v) is 16.4. The smallest absolute Gasteiger partial charge is 0.310 e. The first-order chi connectivity index (χ1) is 12.4. The lowest BCUT2D eigenvalue weighted by atomic mass is 9.86. The van der Waals surface area contributed by atoms with E-state index in [0.29, 0.717) is 6.42 Å². The Morgan fingerprint density at radius 1 is 1.04 bits per heavy atom. The first kappa shape index (κ1) is 21.8. The van der Waals surface area contributed by atoms with Gasteiger partial charge < -0.3 is 5.32 Å². The van der Waals surface area contributed by atoms with Gasteiger partial charge in [0.15, 0.2) is 0 Å². The van der Waals surface area contributed by atoms with Crippen LogP contribution >= 0.6 is 12.4 Å². The van der Waals surface area contributed by atoms with Crippen LogP contribution in [0, 0.1) is 0 Å². The van der Waals surface area contributed by atoms with Crippen LogP contribution in [0.25, 0.3) is 0 Å². The molecule has 0 fully saturated rings. The Balaban J connectivity index is 0.00000261. The molecule has 1 nitrogen and oxygen atoms in total. The van der Waals surface area contributed by atoms with Crippen molar-refractivity contribution in [1.82, 2.24) is 5.32 Å². The van der Waals surface area contributed by atoms with Gasteiger partial charge in [-0.25, -0.2) is 0 Å². The van der Waals surface area contributed by atoms with E-state index in [9.17, 15) is 13.2 Å². The second kappa shape index (κ2) is 9.61. The maximum absolute atomic E-state index is 12.8. The van der Waals surface area contributed by atoms with Gasteiger partial charge in [-0.1, -0.05) is 36.4 Å². The third kappa shape index (κ3) is 5.73. The first-order valence-electron chi connectivity index (χ1n) is 9.45. The van der Waals surface area contributed by atoms with Crippen LogP contribution in [0.3, 0.4) is 0 Å². The van der Waals surface area contributed by atoms with Gasteiger partial charge >= 0.3 is 6.18 Å². The molecule has 0 saturated carbocycles. The average Bonchev–Trinajstić information content (AvgIpc) is 2.64. The number of alkyl halides is 3. The van der Waals surface area contributed by atoms with Gasteiger partial charge in [-0.2, -0.15) is 13.2 Å². The van der Waals surface area contributed by atoms with Crippen LogP contribution in [-0.2, 0) is 25.4 Å². The number of nitrogens with one attached hydrogen (secondary N) is 1. The van der Waals surface area contributed by atoms with E-state index >= 15 is 0 Å². The molecule has 0 aliphatic heterocycles. The number of rotatable bonds is 6. The van der Waals surface area contributed by atoms with Crippen molar-refractivity contribution < 1.29 is 13.2 Å². The molecule has 2 aromatic rings. The third-order valence-corrected chi connectivity index (χ3v) is 5.25. The number of halogens is 4. The molecule has 1 atom stereocenters. The molecular weight excluding hydrogens is 371 g/mol. The minimum Gasteiger partial charge on any atom is -0.310 e. The predicted molar refractivity (Wildman–Crippen MR) is 107 cm³/mol. The maximum Gasteiger partial charge on any atom is 0.416 e. The van der Waals surface area contributed by atoms with Gasteiger partial charge in [0.1, 0.15) is 0 Å². The summed E-state index contributed by atoms with van der Waals surface area (Å²) >= 11 is 0. The largest absolute Gasteiger partial charge is 0.416 e. The van der Waals surface area contributed by atoms with Crippen LogP contribution in [0.15, 0.2) is 42.5 Å². The molecule has 0 spiro atoms. The molecule has 27 heavy (non-hydrogen) atoms. The first-order valence-corrected chi connectivity index (χ1v) is 9.45. The maximum atomic E-state index is 12.8. The highest BCUT2D eigenvalue weighted by atomic mass is 35.5. The summed E-state index contributed by atoms with van der Waals surface area (Å²) in [6.07, 6.45) is 2.06. The Hall–Kier alpha value is -1.52. The van der Waals surface area contributed by atoms with Gasteiger partial charge in [0, 0.05) is 6.04 Å². The van der Waals surface area contributed by atoms with Crippen molar-refractivity contribution in [3.63, 3.8) is 0 Å². The lowest BCUT2D eigenvalue weighted by molar-refractivity contribution is -0.137. The standard InChI is InChI=1S/C22H26F3N.ClH/c1-16(20-13-5-10-18-9-2-3-12-21(18)20)26-14-6-8-17-7-4-11-19(15-17)22(23,24)25;/h4-5,7,10-11,13,15-16,26H,2-3,6,8-9,12,14H2,1H3;1H. The van der Waals surface area contributed by atoms with Gasteiger partial charge in [-0.3, -0.25) is 0 Å². The average molecular weight is 398 g/mol. The topological polar surface area (TPSA) is 12.0 Å². The fourth-order valence-corrected chi connectivity index (χ4v) is 3.84. The van der Waals surface area contributed by atoms with Crippen molar-refractivity contribution in [2.75, 3.05) is 6.54 Å². The highest BCUT2D eigenvalue weighted by molar-refractivity contribution is 5.85. The van der Waals surface area contributed by atoms with Crippen LogP contribution in [0.1, 0.15) is 60.0 Å². The van der Waals surface area contributed by atoms with Crippen LogP contribution in [0.5, 0.6) is 0 Å². The predicted octanol–water partition coefficient (Wildman–Crippen LogP) is 6.29. The Morgan fingerprint density at radius 3 is 2.56 bits per heavy atom. The molecule has 0 amide bonds. The van der Waals surface area contributed by atoms with Crippen molar-refractivity contribution in [2.45, 2.75) is 57.7 Å². The molecular formula is C22H27ClF3N. The Bertz CT molecular complexity index is 743. The summed E-state index contributed by atoms with van der Waals surface area (Å²) in [5.74, 6) is 0. The highest BCUT2D eigenvalue weighted by Gasteiger charge is 2.30. The molecule has 0 saturated heterocycles. The van der Waals surface area contributed by atoms with Gasteiger partial charge in [-0.05, 0) is 80.3 Å². The SMILES string of the molecule is CC(NCCCc1cccc(C(F)(F)F)c1)c1cccc2c1CCCC2.Cl. The van der Waals surface area contributed by atoms with E-state index in [1.165, 1.54) is 48.1 Å². The summed E-state index contributed by atoms with van der Waals surface area (Å²) in [5, 5.41) is 3.54. The van der Waals surface area contributed by atoms with Crippen molar-refractivity contribution in [3.8, 4) is 0 Å². The molecule has 148 valence electrons. The molecule has 1 N–H and O–H groups in total. The van der Waals surface area contributed by atoms with Crippen LogP contribution in [0.2, 0.25) is 0 Å². The molecule has 1 aliphatic carbocycles. The van der Waals surface area contributed by atoms with Crippen molar-refractivity contribution >= 4 is 12.4 Å². The fourth-order valence-electron chi connectivity index (χ4n) is 3.84.